The van der Waals surface area contributed by atoms with E-state index in [1.807, 2.05) is 11.8 Å². The Balaban J connectivity index is 1.79. The standard InChI is InChI=1S/C12H23N3O2S/c1-8-5-15(6-9(2)18-8)7-10-3-4-11(17-10)12(16)14-13/h8-11H,3-7,13H2,1-2H3,(H,14,16). The molecule has 4 atom stereocenters. The molecule has 2 aliphatic rings. The van der Waals surface area contributed by atoms with Gasteiger partial charge in [-0.3, -0.25) is 15.1 Å². The average molecular weight is 273 g/mol. The fourth-order valence-electron chi connectivity index (χ4n) is 2.85. The van der Waals surface area contributed by atoms with Crippen molar-refractivity contribution in [2.24, 2.45) is 5.84 Å². The normalized spacial score (nSPS) is 37.7. The molecule has 2 fully saturated rings. The van der Waals surface area contributed by atoms with Crippen LogP contribution in [0, 0.1) is 0 Å². The number of nitrogens with two attached hydrogens (primary N) is 1. The molecule has 0 aliphatic carbocycles. The summed E-state index contributed by atoms with van der Waals surface area (Å²) in [5, 5.41) is 1.36. The first-order chi connectivity index (χ1) is 8.58. The van der Waals surface area contributed by atoms with E-state index < -0.39 is 0 Å². The summed E-state index contributed by atoms with van der Waals surface area (Å²) in [4.78, 5) is 13.8. The minimum absolute atomic E-state index is 0.176. The molecule has 2 rings (SSSR count). The van der Waals surface area contributed by atoms with Crippen molar-refractivity contribution in [3.63, 3.8) is 0 Å². The van der Waals surface area contributed by atoms with Crippen LogP contribution >= 0.6 is 11.8 Å². The van der Waals surface area contributed by atoms with Crippen molar-refractivity contribution >= 4 is 17.7 Å². The summed E-state index contributed by atoms with van der Waals surface area (Å²) in [6.07, 6.45) is 1.55. The number of carbonyl (C=O) groups excluding carboxylic acids is 1. The van der Waals surface area contributed by atoms with Crippen LogP contribution in [-0.2, 0) is 9.53 Å². The van der Waals surface area contributed by atoms with Crippen LogP contribution in [0.2, 0.25) is 0 Å². The molecule has 18 heavy (non-hydrogen) atoms. The van der Waals surface area contributed by atoms with Crippen molar-refractivity contribution < 1.29 is 9.53 Å². The molecule has 2 aliphatic heterocycles. The highest BCUT2D eigenvalue weighted by atomic mass is 32.2. The Morgan fingerprint density at radius 3 is 2.67 bits per heavy atom. The van der Waals surface area contributed by atoms with Crippen LogP contribution in [0.3, 0.4) is 0 Å². The predicted octanol–water partition coefficient (Wildman–Crippen LogP) is 0.350. The van der Waals surface area contributed by atoms with Gasteiger partial charge in [0.25, 0.3) is 5.91 Å². The quantitative estimate of drug-likeness (QED) is 0.441. The monoisotopic (exact) mass is 273 g/mol. The van der Waals surface area contributed by atoms with Crippen molar-refractivity contribution in [2.45, 2.75) is 49.4 Å². The van der Waals surface area contributed by atoms with Gasteiger partial charge >= 0.3 is 0 Å². The van der Waals surface area contributed by atoms with Crippen LogP contribution in [0.5, 0.6) is 0 Å². The molecule has 4 unspecified atom stereocenters. The highest BCUT2D eigenvalue weighted by Gasteiger charge is 2.32. The van der Waals surface area contributed by atoms with Crippen LogP contribution in [-0.4, -0.2) is 53.1 Å². The zero-order chi connectivity index (χ0) is 13.1. The van der Waals surface area contributed by atoms with Crippen molar-refractivity contribution in [2.75, 3.05) is 19.6 Å². The van der Waals surface area contributed by atoms with Gasteiger partial charge in [0.2, 0.25) is 0 Å². The summed E-state index contributed by atoms with van der Waals surface area (Å²) in [7, 11) is 0. The third-order valence-electron chi connectivity index (χ3n) is 3.50. The second-order valence-corrected chi connectivity index (χ2v) is 7.19. The summed E-state index contributed by atoms with van der Waals surface area (Å²) >= 11 is 2.05. The lowest BCUT2D eigenvalue weighted by atomic mass is 10.1. The van der Waals surface area contributed by atoms with Crippen molar-refractivity contribution in [1.29, 1.82) is 0 Å². The van der Waals surface area contributed by atoms with Crippen LogP contribution in [0.15, 0.2) is 0 Å². The van der Waals surface area contributed by atoms with Crippen molar-refractivity contribution in [3.05, 3.63) is 0 Å². The molecule has 6 heteroatoms. The molecule has 0 bridgehead atoms. The minimum atomic E-state index is -0.353. The summed E-state index contributed by atoms with van der Waals surface area (Å²) in [5.41, 5.74) is 2.16. The maximum atomic E-state index is 11.4. The molecular weight excluding hydrogens is 250 g/mol. The molecule has 1 amide bonds. The molecule has 0 radical (unpaired) electrons. The van der Waals surface area contributed by atoms with Crippen LogP contribution in [0.25, 0.3) is 0 Å². The maximum Gasteiger partial charge on any atom is 0.263 e. The van der Waals surface area contributed by atoms with Gasteiger partial charge in [-0.2, -0.15) is 11.8 Å². The van der Waals surface area contributed by atoms with E-state index >= 15 is 0 Å². The summed E-state index contributed by atoms with van der Waals surface area (Å²) in [6.45, 7) is 7.70. The van der Waals surface area contributed by atoms with E-state index in [-0.39, 0.29) is 18.1 Å². The summed E-state index contributed by atoms with van der Waals surface area (Å²) in [5.74, 6) is 4.92. The molecule has 0 aromatic rings. The van der Waals surface area contributed by atoms with E-state index in [9.17, 15) is 4.79 Å². The van der Waals surface area contributed by atoms with E-state index in [1.54, 1.807) is 0 Å². The molecule has 0 aromatic carbocycles. The zero-order valence-corrected chi connectivity index (χ0v) is 11.9. The van der Waals surface area contributed by atoms with E-state index in [0.29, 0.717) is 10.5 Å². The maximum absolute atomic E-state index is 11.4. The number of nitrogens with one attached hydrogen (secondary N) is 1. The van der Waals surface area contributed by atoms with Gasteiger partial charge in [-0.05, 0) is 12.8 Å². The largest absolute Gasteiger partial charge is 0.364 e. The highest BCUT2D eigenvalue weighted by molar-refractivity contribution is 8.00. The SMILES string of the molecule is CC1CN(CC2CCC(C(=O)NN)O2)CC(C)S1. The Morgan fingerprint density at radius 2 is 2.06 bits per heavy atom. The Kier molecular flexibility index (Phi) is 4.89. The van der Waals surface area contributed by atoms with Gasteiger partial charge in [-0.25, -0.2) is 5.84 Å². The van der Waals surface area contributed by atoms with E-state index in [1.165, 1.54) is 0 Å². The number of thioether (sulfide) groups is 1. The van der Waals surface area contributed by atoms with Gasteiger partial charge < -0.3 is 4.74 Å². The number of hydrogen-bond donors (Lipinski definition) is 2. The highest BCUT2D eigenvalue weighted by Crippen LogP contribution is 2.27. The number of carbonyl (C=O) groups is 1. The van der Waals surface area contributed by atoms with Gasteiger partial charge in [-0.15, -0.1) is 0 Å². The number of amides is 1. The first-order valence-electron chi connectivity index (χ1n) is 6.62. The Labute approximate surface area is 113 Å². The lowest BCUT2D eigenvalue weighted by molar-refractivity contribution is -0.132. The molecule has 0 aromatic heterocycles. The predicted molar refractivity (Wildman–Crippen MR) is 73.2 cm³/mol. The molecule has 0 saturated carbocycles. The Morgan fingerprint density at radius 1 is 1.39 bits per heavy atom. The lowest BCUT2D eigenvalue weighted by Crippen LogP contribution is -2.44. The number of hydrogen-bond acceptors (Lipinski definition) is 5. The average Bonchev–Trinajstić information content (AvgIpc) is 2.75. The molecule has 2 heterocycles. The third-order valence-corrected chi connectivity index (χ3v) is 4.73. The van der Waals surface area contributed by atoms with Gasteiger partial charge in [0.15, 0.2) is 0 Å². The Bertz CT molecular complexity index is 293. The molecule has 104 valence electrons. The summed E-state index contributed by atoms with van der Waals surface area (Å²) < 4.78 is 5.75. The number of hydrazine groups is 1. The van der Waals surface area contributed by atoms with Crippen molar-refractivity contribution in [1.82, 2.24) is 10.3 Å². The first kappa shape index (κ1) is 14.1. The molecular formula is C12H23N3O2S. The topological polar surface area (TPSA) is 67.6 Å². The smallest absolute Gasteiger partial charge is 0.263 e. The van der Waals surface area contributed by atoms with Crippen LogP contribution in [0.4, 0.5) is 0 Å². The van der Waals surface area contributed by atoms with E-state index in [4.69, 9.17) is 10.6 Å². The minimum Gasteiger partial charge on any atom is -0.364 e. The van der Waals surface area contributed by atoms with Crippen molar-refractivity contribution in [3.8, 4) is 0 Å². The zero-order valence-electron chi connectivity index (χ0n) is 11.1. The third kappa shape index (κ3) is 3.60. The van der Waals surface area contributed by atoms with Gasteiger partial charge in [-0.1, -0.05) is 13.8 Å². The van der Waals surface area contributed by atoms with Gasteiger partial charge in [0.1, 0.15) is 6.10 Å². The Hall–Kier alpha value is -0.300. The second kappa shape index (κ2) is 6.23. The lowest BCUT2D eigenvalue weighted by Gasteiger charge is -2.35. The van der Waals surface area contributed by atoms with Gasteiger partial charge in [0, 0.05) is 30.1 Å². The molecule has 5 nitrogen and oxygen atoms in total. The number of nitrogens with zero attached hydrogens (tertiary/aromatic N) is 1. The second-order valence-electron chi connectivity index (χ2n) is 5.31. The molecule has 3 N–H and O–H groups in total. The number of ether oxygens (including phenoxy) is 1. The summed E-state index contributed by atoms with van der Waals surface area (Å²) in [6, 6.07) is 0. The number of rotatable bonds is 3. The van der Waals surface area contributed by atoms with E-state index in [0.717, 1.165) is 32.5 Å². The van der Waals surface area contributed by atoms with Gasteiger partial charge in [0.05, 0.1) is 6.10 Å². The van der Waals surface area contributed by atoms with E-state index in [2.05, 4.69) is 24.2 Å². The first-order valence-corrected chi connectivity index (χ1v) is 7.56. The molecule has 0 spiro atoms. The van der Waals surface area contributed by atoms with Crippen LogP contribution < -0.4 is 11.3 Å². The fourth-order valence-corrected chi connectivity index (χ4v) is 4.23. The molecule has 2 saturated heterocycles. The fraction of sp³-hybridized carbons (Fsp3) is 0.917. The van der Waals surface area contributed by atoms with Crippen LogP contribution in [0.1, 0.15) is 26.7 Å².